The number of benzene rings is 2. The third kappa shape index (κ3) is 5.34. The molecule has 6 nitrogen and oxygen atoms in total. The number of morpholine rings is 1. The van der Waals surface area contributed by atoms with Crippen LogP contribution in [-0.4, -0.2) is 43.7 Å². The van der Waals surface area contributed by atoms with Gasteiger partial charge in [0.05, 0.1) is 24.6 Å². The molecule has 0 bridgehead atoms. The summed E-state index contributed by atoms with van der Waals surface area (Å²) in [5.41, 5.74) is 2.41. The van der Waals surface area contributed by atoms with Gasteiger partial charge in [-0.15, -0.1) is 12.4 Å². The summed E-state index contributed by atoms with van der Waals surface area (Å²) < 4.78 is 11.2. The minimum absolute atomic E-state index is 0. The van der Waals surface area contributed by atoms with E-state index in [1.807, 2.05) is 37.3 Å². The van der Waals surface area contributed by atoms with Crippen molar-refractivity contribution >= 4 is 29.3 Å². The molecule has 1 aliphatic rings. The van der Waals surface area contributed by atoms with Crippen LogP contribution in [0.3, 0.4) is 0 Å². The molecule has 1 unspecified atom stereocenters. The average molecular weight is 443 g/mol. The van der Waals surface area contributed by atoms with Crippen LogP contribution in [0.5, 0.6) is 0 Å². The van der Waals surface area contributed by atoms with Crippen molar-refractivity contribution in [3.8, 4) is 0 Å². The minimum atomic E-state index is -0.386. The van der Waals surface area contributed by atoms with E-state index >= 15 is 0 Å². The zero-order chi connectivity index (χ0) is 20.9. The molecule has 2 heterocycles. The first kappa shape index (κ1) is 23.0. The second-order valence-corrected chi connectivity index (χ2v) is 7.44. The van der Waals surface area contributed by atoms with E-state index < -0.39 is 0 Å². The van der Waals surface area contributed by atoms with Crippen LogP contribution < -0.4 is 10.7 Å². The molecule has 3 aromatic rings. The lowest BCUT2D eigenvalue weighted by Crippen LogP contribution is -2.43. The lowest BCUT2D eigenvalue weighted by molar-refractivity contribution is 0.0161. The fourth-order valence-electron chi connectivity index (χ4n) is 3.83. The topological polar surface area (TPSA) is 71.8 Å². The summed E-state index contributed by atoms with van der Waals surface area (Å²) in [4.78, 5) is 27.6. The number of ether oxygens (including phenoxy) is 1. The molecule has 1 aromatic heterocycles. The molecule has 1 aliphatic heterocycles. The average Bonchev–Trinajstić information content (AvgIpc) is 2.80. The number of hydrogen-bond donors (Lipinski definition) is 1. The Morgan fingerprint density at radius 1 is 1.10 bits per heavy atom. The van der Waals surface area contributed by atoms with Gasteiger partial charge in [0.1, 0.15) is 5.58 Å². The summed E-state index contributed by atoms with van der Waals surface area (Å²) >= 11 is 0. The third-order valence-electron chi connectivity index (χ3n) is 5.55. The molecule has 0 spiro atoms. The Morgan fingerprint density at radius 3 is 2.55 bits per heavy atom. The number of carbonyl (C=O) groups excluding carboxylic acids is 1. The van der Waals surface area contributed by atoms with Crippen LogP contribution >= 0.6 is 12.4 Å². The standard InChI is InChI=1S/C24H26N2O4.ClH/c1-2-17-8-9-22-19(14-17)21(27)15-23(30-22)24(28)25-16-20(18-6-4-3-5-7-18)26-10-12-29-13-11-26;/h3-9,14-15,20H,2,10-13,16H2,1H3,(H,25,28);1H. The number of nitrogens with one attached hydrogen (secondary N) is 1. The summed E-state index contributed by atoms with van der Waals surface area (Å²) in [5, 5.41) is 3.46. The van der Waals surface area contributed by atoms with Gasteiger partial charge in [0, 0.05) is 25.7 Å². The van der Waals surface area contributed by atoms with E-state index in [2.05, 4.69) is 22.3 Å². The minimum Gasteiger partial charge on any atom is -0.451 e. The molecule has 0 saturated carbocycles. The van der Waals surface area contributed by atoms with Crippen molar-refractivity contribution in [2.45, 2.75) is 19.4 Å². The van der Waals surface area contributed by atoms with Gasteiger partial charge in [0.25, 0.3) is 5.91 Å². The first-order chi connectivity index (χ1) is 14.7. The highest BCUT2D eigenvalue weighted by Gasteiger charge is 2.24. The predicted octanol–water partition coefficient (Wildman–Crippen LogP) is 3.58. The highest BCUT2D eigenvalue weighted by atomic mass is 35.5. The molecule has 1 fully saturated rings. The SMILES string of the molecule is CCc1ccc2oc(C(=O)NCC(c3ccccc3)N3CCOCC3)cc(=O)c2c1.Cl. The van der Waals surface area contributed by atoms with Crippen LogP contribution in [0, 0.1) is 0 Å². The predicted molar refractivity (Wildman–Crippen MR) is 123 cm³/mol. The normalized spacial score (nSPS) is 15.3. The second kappa shape index (κ2) is 10.6. The second-order valence-electron chi connectivity index (χ2n) is 7.44. The Bertz CT molecular complexity index is 1080. The maximum Gasteiger partial charge on any atom is 0.287 e. The molecule has 1 atom stereocenters. The number of halogens is 1. The highest BCUT2D eigenvalue weighted by molar-refractivity contribution is 5.93. The quantitative estimate of drug-likeness (QED) is 0.631. The van der Waals surface area contributed by atoms with Crippen molar-refractivity contribution in [1.29, 1.82) is 0 Å². The Kier molecular flexibility index (Phi) is 7.85. The Labute approximate surface area is 187 Å². The zero-order valence-corrected chi connectivity index (χ0v) is 18.3. The van der Waals surface area contributed by atoms with Gasteiger partial charge in [0.15, 0.2) is 11.2 Å². The Morgan fingerprint density at radius 2 is 1.84 bits per heavy atom. The van der Waals surface area contributed by atoms with Gasteiger partial charge in [-0.05, 0) is 29.7 Å². The van der Waals surface area contributed by atoms with Crippen LogP contribution in [0.25, 0.3) is 11.0 Å². The number of amides is 1. The first-order valence-electron chi connectivity index (χ1n) is 10.4. The van der Waals surface area contributed by atoms with Crippen molar-refractivity contribution in [2.75, 3.05) is 32.8 Å². The summed E-state index contributed by atoms with van der Waals surface area (Å²) in [7, 11) is 0. The van der Waals surface area contributed by atoms with Gasteiger partial charge >= 0.3 is 0 Å². The van der Waals surface area contributed by atoms with Gasteiger partial charge in [0.2, 0.25) is 0 Å². The lowest BCUT2D eigenvalue weighted by Gasteiger charge is -2.34. The van der Waals surface area contributed by atoms with E-state index in [4.69, 9.17) is 9.15 Å². The molecular weight excluding hydrogens is 416 g/mol. The highest BCUT2D eigenvalue weighted by Crippen LogP contribution is 2.21. The molecular formula is C24H27ClN2O4. The number of nitrogens with zero attached hydrogens (tertiary/aromatic N) is 1. The van der Waals surface area contributed by atoms with Crippen LogP contribution in [-0.2, 0) is 11.2 Å². The third-order valence-corrected chi connectivity index (χ3v) is 5.55. The molecule has 1 amide bonds. The van der Waals surface area contributed by atoms with E-state index in [-0.39, 0.29) is 35.5 Å². The smallest absolute Gasteiger partial charge is 0.287 e. The maximum atomic E-state index is 12.8. The summed E-state index contributed by atoms with van der Waals surface area (Å²) in [6.07, 6.45) is 0.833. The molecule has 164 valence electrons. The van der Waals surface area contributed by atoms with Crippen molar-refractivity contribution in [3.05, 3.63) is 81.7 Å². The van der Waals surface area contributed by atoms with Crippen molar-refractivity contribution in [2.24, 2.45) is 0 Å². The van der Waals surface area contributed by atoms with Crippen LogP contribution in [0.4, 0.5) is 0 Å². The number of hydrogen-bond acceptors (Lipinski definition) is 5. The number of carbonyl (C=O) groups is 1. The monoisotopic (exact) mass is 442 g/mol. The fraction of sp³-hybridized carbons (Fsp3) is 0.333. The number of aryl methyl sites for hydroxylation is 1. The Hall–Kier alpha value is -2.67. The molecule has 4 rings (SSSR count). The molecule has 1 N–H and O–H groups in total. The van der Waals surface area contributed by atoms with Crippen LogP contribution in [0.15, 0.2) is 63.8 Å². The molecule has 7 heteroatoms. The molecule has 2 aromatic carbocycles. The van der Waals surface area contributed by atoms with E-state index in [9.17, 15) is 9.59 Å². The van der Waals surface area contributed by atoms with Crippen molar-refractivity contribution in [3.63, 3.8) is 0 Å². The largest absolute Gasteiger partial charge is 0.451 e. The molecule has 31 heavy (non-hydrogen) atoms. The van der Waals surface area contributed by atoms with Gasteiger partial charge in [-0.1, -0.05) is 43.3 Å². The molecule has 1 saturated heterocycles. The molecule has 0 aliphatic carbocycles. The van der Waals surface area contributed by atoms with Crippen LogP contribution in [0.1, 0.15) is 34.6 Å². The number of rotatable bonds is 6. The lowest BCUT2D eigenvalue weighted by atomic mass is 10.0. The van der Waals surface area contributed by atoms with Crippen molar-refractivity contribution < 1.29 is 13.9 Å². The summed E-state index contributed by atoms with van der Waals surface area (Å²) in [6.45, 7) is 5.41. The van der Waals surface area contributed by atoms with Crippen molar-refractivity contribution in [1.82, 2.24) is 10.2 Å². The van der Waals surface area contributed by atoms with Gasteiger partial charge < -0.3 is 14.5 Å². The first-order valence-corrected chi connectivity index (χ1v) is 10.4. The Balaban J connectivity index is 0.00000272. The van der Waals surface area contributed by atoms with Gasteiger partial charge in [-0.3, -0.25) is 14.5 Å². The van der Waals surface area contributed by atoms with E-state index in [1.54, 1.807) is 6.07 Å². The van der Waals surface area contributed by atoms with Gasteiger partial charge in [-0.2, -0.15) is 0 Å². The fourth-order valence-corrected chi connectivity index (χ4v) is 3.83. The van der Waals surface area contributed by atoms with E-state index in [1.165, 1.54) is 6.07 Å². The summed E-state index contributed by atoms with van der Waals surface area (Å²) in [5.74, 6) is -0.353. The maximum absolute atomic E-state index is 12.8. The number of fused-ring (bicyclic) bond motifs is 1. The zero-order valence-electron chi connectivity index (χ0n) is 17.5. The van der Waals surface area contributed by atoms with Crippen LogP contribution in [0.2, 0.25) is 0 Å². The molecule has 0 radical (unpaired) electrons. The summed E-state index contributed by atoms with van der Waals surface area (Å²) in [6, 6.07) is 16.9. The van der Waals surface area contributed by atoms with Gasteiger partial charge in [-0.25, -0.2) is 0 Å². The van der Waals surface area contributed by atoms with E-state index in [0.717, 1.165) is 30.6 Å². The van der Waals surface area contributed by atoms with E-state index in [0.29, 0.717) is 30.7 Å².